The number of nitrogens with one attached hydrogen (secondary N) is 1. The number of fused-ring (bicyclic) bond motifs is 1. The van der Waals surface area contributed by atoms with Crippen LogP contribution in [-0.4, -0.2) is 62.4 Å². The van der Waals surface area contributed by atoms with Crippen molar-refractivity contribution in [1.82, 2.24) is 24.4 Å². The van der Waals surface area contributed by atoms with Crippen molar-refractivity contribution < 1.29 is 14.0 Å². The Balaban J connectivity index is 1.52. The van der Waals surface area contributed by atoms with E-state index in [-0.39, 0.29) is 17.4 Å². The minimum absolute atomic E-state index is 0.0148. The molecule has 0 spiro atoms. The summed E-state index contributed by atoms with van der Waals surface area (Å²) in [5, 5.41) is 2.89. The Hall–Kier alpha value is -3.36. The van der Waals surface area contributed by atoms with Gasteiger partial charge in [-0.3, -0.25) is 19.5 Å². The summed E-state index contributed by atoms with van der Waals surface area (Å²) in [7, 11) is 0. The van der Waals surface area contributed by atoms with Crippen LogP contribution in [0.3, 0.4) is 0 Å². The first-order valence-corrected chi connectivity index (χ1v) is 9.15. The van der Waals surface area contributed by atoms with Gasteiger partial charge in [-0.15, -0.1) is 0 Å². The van der Waals surface area contributed by atoms with Crippen LogP contribution in [0.1, 0.15) is 38.6 Å². The summed E-state index contributed by atoms with van der Waals surface area (Å²) < 4.78 is 6.57. The molecule has 1 aliphatic rings. The first-order chi connectivity index (χ1) is 13.5. The van der Waals surface area contributed by atoms with E-state index >= 15 is 0 Å². The lowest BCUT2D eigenvalue weighted by Gasteiger charge is -2.21. The average molecular weight is 383 g/mol. The molecular weight excluding hydrogens is 362 g/mol. The predicted octanol–water partition coefficient (Wildman–Crippen LogP) is 1.22. The highest BCUT2D eigenvalue weighted by atomic mass is 16.3. The molecule has 0 radical (unpaired) electrons. The Bertz CT molecular complexity index is 1110. The van der Waals surface area contributed by atoms with E-state index in [9.17, 15) is 14.4 Å². The molecule has 0 aromatic carbocycles. The average Bonchev–Trinajstić information content (AvgIpc) is 3.18. The molecule has 9 heteroatoms. The van der Waals surface area contributed by atoms with Crippen LogP contribution in [0.2, 0.25) is 0 Å². The van der Waals surface area contributed by atoms with Crippen molar-refractivity contribution in [2.24, 2.45) is 0 Å². The maximum Gasteiger partial charge on any atom is 0.289 e. The Morgan fingerprint density at radius 3 is 2.50 bits per heavy atom. The summed E-state index contributed by atoms with van der Waals surface area (Å²) in [4.78, 5) is 45.7. The van der Waals surface area contributed by atoms with Crippen LogP contribution in [0.15, 0.2) is 33.8 Å². The van der Waals surface area contributed by atoms with Crippen LogP contribution in [-0.2, 0) is 0 Å². The zero-order valence-corrected chi connectivity index (χ0v) is 15.8. The summed E-state index contributed by atoms with van der Waals surface area (Å²) in [6, 6.07) is 3.49. The van der Waals surface area contributed by atoms with Gasteiger partial charge in [0.25, 0.3) is 17.4 Å². The highest BCUT2D eigenvalue weighted by molar-refractivity contribution is 5.94. The topological polar surface area (TPSA) is 104 Å². The molecule has 0 aliphatic carbocycles. The summed E-state index contributed by atoms with van der Waals surface area (Å²) in [6.45, 7) is 5.35. The SMILES string of the molecule is Cc1cc2ncc(C(=O)N3CCCN(C(=O)c4occc4C)CC3)c(=O)n2[nH]1. The van der Waals surface area contributed by atoms with E-state index in [1.54, 1.807) is 21.9 Å². The van der Waals surface area contributed by atoms with Gasteiger partial charge in [0.15, 0.2) is 11.4 Å². The normalized spacial score (nSPS) is 15.1. The Morgan fingerprint density at radius 1 is 1.11 bits per heavy atom. The van der Waals surface area contributed by atoms with Crippen molar-refractivity contribution >= 4 is 17.5 Å². The number of aryl methyl sites for hydroxylation is 2. The summed E-state index contributed by atoms with van der Waals surface area (Å²) in [5.74, 6) is -0.223. The maximum absolute atomic E-state index is 12.9. The molecule has 9 nitrogen and oxygen atoms in total. The number of aromatic amines is 1. The number of amides is 2. The minimum Gasteiger partial charge on any atom is -0.459 e. The predicted molar refractivity (Wildman–Crippen MR) is 100 cm³/mol. The first kappa shape index (κ1) is 18.0. The zero-order valence-electron chi connectivity index (χ0n) is 15.8. The van der Waals surface area contributed by atoms with Gasteiger partial charge in [-0.25, -0.2) is 9.50 Å². The number of furan rings is 1. The molecule has 3 aromatic rings. The molecule has 0 unspecified atom stereocenters. The standard InChI is InChI=1S/C19H21N5O4/c1-12-4-9-28-16(12)19(27)23-6-3-5-22(7-8-23)17(25)14-11-20-15-10-13(2)21-24(15)18(14)26/h4,9-11,21H,3,5-8H2,1-2H3. The third-order valence-corrected chi connectivity index (χ3v) is 4.98. The lowest BCUT2D eigenvalue weighted by atomic mass is 10.2. The van der Waals surface area contributed by atoms with Gasteiger partial charge in [-0.05, 0) is 26.3 Å². The Labute approximate surface area is 160 Å². The fourth-order valence-corrected chi connectivity index (χ4v) is 3.46. The molecule has 0 saturated carbocycles. The smallest absolute Gasteiger partial charge is 0.289 e. The number of carbonyl (C=O) groups is 2. The highest BCUT2D eigenvalue weighted by Gasteiger charge is 2.27. The molecule has 4 rings (SSSR count). The lowest BCUT2D eigenvalue weighted by molar-refractivity contribution is 0.0698. The number of H-pyrrole nitrogens is 1. The monoisotopic (exact) mass is 383 g/mol. The van der Waals surface area contributed by atoms with E-state index in [4.69, 9.17) is 4.42 Å². The molecule has 1 N–H and O–H groups in total. The molecule has 0 bridgehead atoms. The molecule has 4 heterocycles. The molecule has 3 aromatic heterocycles. The van der Waals surface area contributed by atoms with Crippen molar-refractivity contribution in [1.29, 1.82) is 0 Å². The molecular formula is C19H21N5O4. The third-order valence-electron chi connectivity index (χ3n) is 4.98. The van der Waals surface area contributed by atoms with Crippen LogP contribution in [0.25, 0.3) is 5.65 Å². The second kappa shape index (κ2) is 6.99. The molecule has 1 aliphatic heterocycles. The van der Waals surface area contributed by atoms with E-state index in [1.807, 2.05) is 13.8 Å². The second-order valence-corrected chi connectivity index (χ2v) is 6.98. The van der Waals surface area contributed by atoms with Crippen molar-refractivity contribution in [2.45, 2.75) is 20.3 Å². The molecule has 28 heavy (non-hydrogen) atoms. The van der Waals surface area contributed by atoms with Crippen LogP contribution >= 0.6 is 0 Å². The minimum atomic E-state index is -0.425. The molecule has 146 valence electrons. The van der Waals surface area contributed by atoms with Crippen LogP contribution < -0.4 is 5.56 Å². The van der Waals surface area contributed by atoms with Crippen LogP contribution in [0, 0.1) is 13.8 Å². The largest absolute Gasteiger partial charge is 0.459 e. The maximum atomic E-state index is 12.9. The summed E-state index contributed by atoms with van der Waals surface area (Å²) in [6.07, 6.45) is 3.44. The van der Waals surface area contributed by atoms with Crippen molar-refractivity contribution in [3.8, 4) is 0 Å². The van der Waals surface area contributed by atoms with E-state index in [0.29, 0.717) is 44.0 Å². The van der Waals surface area contributed by atoms with Gasteiger partial charge < -0.3 is 14.2 Å². The van der Waals surface area contributed by atoms with Gasteiger partial charge >= 0.3 is 0 Å². The molecule has 1 fully saturated rings. The second-order valence-electron chi connectivity index (χ2n) is 6.98. The van der Waals surface area contributed by atoms with Crippen molar-refractivity contribution in [3.05, 3.63) is 57.5 Å². The van der Waals surface area contributed by atoms with E-state index in [1.165, 1.54) is 17.0 Å². The van der Waals surface area contributed by atoms with Gasteiger partial charge in [0.05, 0.1) is 6.26 Å². The lowest BCUT2D eigenvalue weighted by Crippen LogP contribution is -2.39. The van der Waals surface area contributed by atoms with Gasteiger partial charge in [0, 0.05) is 49.7 Å². The van der Waals surface area contributed by atoms with Gasteiger partial charge in [0.1, 0.15) is 5.56 Å². The fourth-order valence-electron chi connectivity index (χ4n) is 3.46. The van der Waals surface area contributed by atoms with Crippen molar-refractivity contribution in [3.63, 3.8) is 0 Å². The first-order valence-electron chi connectivity index (χ1n) is 9.15. The van der Waals surface area contributed by atoms with E-state index < -0.39 is 5.56 Å². The molecule has 0 atom stereocenters. The van der Waals surface area contributed by atoms with E-state index in [0.717, 1.165) is 11.3 Å². The quantitative estimate of drug-likeness (QED) is 0.717. The van der Waals surface area contributed by atoms with Gasteiger partial charge in [-0.1, -0.05) is 0 Å². The Kier molecular flexibility index (Phi) is 4.50. The van der Waals surface area contributed by atoms with Crippen LogP contribution in [0.5, 0.6) is 0 Å². The van der Waals surface area contributed by atoms with Gasteiger partial charge in [-0.2, -0.15) is 0 Å². The van der Waals surface area contributed by atoms with Gasteiger partial charge in [0.2, 0.25) is 0 Å². The number of hydrogen-bond donors (Lipinski definition) is 1. The third kappa shape index (κ3) is 3.08. The highest BCUT2D eigenvalue weighted by Crippen LogP contribution is 2.15. The number of nitrogens with zero attached hydrogens (tertiary/aromatic N) is 4. The van der Waals surface area contributed by atoms with E-state index in [2.05, 4.69) is 10.1 Å². The summed E-state index contributed by atoms with van der Waals surface area (Å²) in [5.41, 5.74) is 1.63. The summed E-state index contributed by atoms with van der Waals surface area (Å²) >= 11 is 0. The number of carbonyl (C=O) groups excluding carboxylic acids is 2. The number of hydrogen-bond acceptors (Lipinski definition) is 5. The number of aromatic nitrogens is 3. The van der Waals surface area contributed by atoms with Crippen molar-refractivity contribution in [2.75, 3.05) is 26.2 Å². The molecule has 2 amide bonds. The molecule has 1 saturated heterocycles. The Morgan fingerprint density at radius 2 is 1.82 bits per heavy atom. The zero-order chi connectivity index (χ0) is 19.8. The number of rotatable bonds is 2. The van der Waals surface area contributed by atoms with Crippen LogP contribution in [0.4, 0.5) is 0 Å². The fraction of sp³-hybridized carbons (Fsp3) is 0.368.